The summed E-state index contributed by atoms with van der Waals surface area (Å²) in [5.41, 5.74) is 15.0. The van der Waals surface area contributed by atoms with Gasteiger partial charge in [0.1, 0.15) is 0 Å². The third-order valence-electron chi connectivity index (χ3n) is 1.36. The molecule has 0 heterocycles. The Hall–Kier alpha value is -1.51. The number of hydrogen-bond acceptors (Lipinski definition) is 2. The largest absolute Gasteiger partial charge is 0.326 e. The van der Waals surface area contributed by atoms with E-state index in [1.807, 2.05) is 18.2 Å². The van der Waals surface area contributed by atoms with Crippen LogP contribution in [0.3, 0.4) is 0 Å². The van der Waals surface area contributed by atoms with Crippen LogP contribution in [0.4, 0.5) is 5.69 Å². The van der Waals surface area contributed by atoms with E-state index in [0.717, 1.165) is 5.56 Å². The van der Waals surface area contributed by atoms with E-state index in [9.17, 15) is 0 Å². The van der Waals surface area contributed by atoms with Crippen molar-refractivity contribution in [1.29, 1.82) is 0 Å². The summed E-state index contributed by atoms with van der Waals surface area (Å²) in [6.07, 6.45) is 0. The molecule has 0 spiro atoms. The summed E-state index contributed by atoms with van der Waals surface area (Å²) in [4.78, 5) is 2.68. The van der Waals surface area contributed by atoms with E-state index < -0.39 is 0 Å². The summed E-state index contributed by atoms with van der Waals surface area (Å²) in [6.45, 7) is 0.398. The molecule has 4 heteroatoms. The van der Waals surface area contributed by atoms with E-state index in [2.05, 4.69) is 10.0 Å². The minimum atomic E-state index is 0.398. The summed E-state index contributed by atoms with van der Waals surface area (Å²) in [6, 6.07) is 7.24. The van der Waals surface area contributed by atoms with Gasteiger partial charge in [-0.3, -0.25) is 0 Å². The van der Waals surface area contributed by atoms with Crippen molar-refractivity contribution >= 4 is 5.69 Å². The summed E-state index contributed by atoms with van der Waals surface area (Å²) in [5, 5.41) is 3.48. The fourth-order valence-electron chi connectivity index (χ4n) is 0.829. The molecule has 0 saturated carbocycles. The average molecular weight is 148 g/mol. The van der Waals surface area contributed by atoms with Gasteiger partial charge in [-0.05, 0) is 11.1 Å². The SMILES string of the molecule is [N-]=[N+]=Nc1ccccc1CN. The van der Waals surface area contributed by atoms with Crippen LogP contribution in [0.25, 0.3) is 10.4 Å². The van der Waals surface area contributed by atoms with Crippen LogP contribution in [-0.2, 0) is 6.54 Å². The molecule has 2 N–H and O–H groups in total. The molecule has 56 valence electrons. The van der Waals surface area contributed by atoms with Gasteiger partial charge in [-0.25, -0.2) is 0 Å². The number of hydrogen-bond donors (Lipinski definition) is 1. The maximum atomic E-state index is 8.16. The predicted octanol–water partition coefficient (Wildman–Crippen LogP) is 2.09. The van der Waals surface area contributed by atoms with Gasteiger partial charge in [-0.15, -0.1) is 0 Å². The number of nitrogens with two attached hydrogens (primary N) is 1. The molecule has 0 aliphatic carbocycles. The molecule has 0 radical (unpaired) electrons. The molecule has 0 aliphatic rings. The lowest BCUT2D eigenvalue weighted by atomic mass is 10.2. The molecule has 0 unspecified atom stereocenters. The Labute approximate surface area is 64.3 Å². The van der Waals surface area contributed by atoms with E-state index in [0.29, 0.717) is 12.2 Å². The smallest absolute Gasteiger partial charge is 0.0420 e. The maximum absolute atomic E-state index is 8.16. The Morgan fingerprint density at radius 1 is 1.45 bits per heavy atom. The minimum Gasteiger partial charge on any atom is -0.326 e. The first-order valence-corrected chi connectivity index (χ1v) is 3.21. The Balaban J connectivity index is 3.11. The van der Waals surface area contributed by atoms with E-state index in [1.165, 1.54) is 0 Å². The Morgan fingerprint density at radius 3 is 2.82 bits per heavy atom. The van der Waals surface area contributed by atoms with Gasteiger partial charge in [0, 0.05) is 17.1 Å². The highest BCUT2D eigenvalue weighted by Crippen LogP contribution is 2.17. The minimum absolute atomic E-state index is 0.398. The van der Waals surface area contributed by atoms with E-state index >= 15 is 0 Å². The number of benzene rings is 1. The molecular weight excluding hydrogens is 140 g/mol. The fraction of sp³-hybridized carbons (Fsp3) is 0.143. The van der Waals surface area contributed by atoms with Crippen LogP contribution < -0.4 is 5.73 Å². The molecule has 1 aromatic carbocycles. The zero-order chi connectivity index (χ0) is 8.10. The van der Waals surface area contributed by atoms with E-state index in [1.54, 1.807) is 6.07 Å². The number of nitrogens with zero attached hydrogens (tertiary/aromatic N) is 3. The first kappa shape index (κ1) is 7.60. The third kappa shape index (κ3) is 1.70. The fourth-order valence-corrected chi connectivity index (χ4v) is 0.829. The highest BCUT2D eigenvalue weighted by atomic mass is 15.1. The topological polar surface area (TPSA) is 74.8 Å². The Bertz CT molecular complexity index is 288. The maximum Gasteiger partial charge on any atom is 0.0420 e. The van der Waals surface area contributed by atoms with Crippen LogP contribution in [0.2, 0.25) is 0 Å². The van der Waals surface area contributed by atoms with Gasteiger partial charge in [0.15, 0.2) is 0 Å². The van der Waals surface area contributed by atoms with E-state index in [4.69, 9.17) is 11.3 Å². The number of rotatable bonds is 2. The molecule has 0 bridgehead atoms. The van der Waals surface area contributed by atoms with Crippen LogP contribution in [0.1, 0.15) is 5.56 Å². The molecule has 1 aromatic rings. The molecule has 0 aliphatic heterocycles. The van der Waals surface area contributed by atoms with Crippen molar-refractivity contribution < 1.29 is 0 Å². The second-order valence-electron chi connectivity index (χ2n) is 2.02. The molecule has 0 aromatic heterocycles. The second-order valence-corrected chi connectivity index (χ2v) is 2.02. The van der Waals surface area contributed by atoms with Crippen molar-refractivity contribution in [3.05, 3.63) is 40.3 Å². The monoisotopic (exact) mass is 148 g/mol. The quantitative estimate of drug-likeness (QED) is 0.389. The van der Waals surface area contributed by atoms with Gasteiger partial charge in [0.2, 0.25) is 0 Å². The molecule has 4 nitrogen and oxygen atoms in total. The van der Waals surface area contributed by atoms with Gasteiger partial charge in [-0.2, -0.15) is 0 Å². The summed E-state index contributed by atoms with van der Waals surface area (Å²) >= 11 is 0. The van der Waals surface area contributed by atoms with Gasteiger partial charge in [0.05, 0.1) is 0 Å². The van der Waals surface area contributed by atoms with Crippen molar-refractivity contribution in [3.63, 3.8) is 0 Å². The third-order valence-corrected chi connectivity index (χ3v) is 1.36. The molecule has 0 atom stereocenters. The standard InChI is InChI=1S/C7H8N4/c8-5-6-3-1-2-4-7(6)10-11-9/h1-4H,5,8H2. The van der Waals surface area contributed by atoms with Gasteiger partial charge < -0.3 is 5.73 Å². The average Bonchev–Trinajstić information content (AvgIpc) is 2.06. The lowest BCUT2D eigenvalue weighted by Gasteiger charge is -1.98. The lowest BCUT2D eigenvalue weighted by molar-refractivity contribution is 1.07. The number of azide groups is 1. The zero-order valence-corrected chi connectivity index (χ0v) is 5.94. The molecule has 11 heavy (non-hydrogen) atoms. The summed E-state index contributed by atoms with van der Waals surface area (Å²) in [7, 11) is 0. The first-order chi connectivity index (χ1) is 5.38. The summed E-state index contributed by atoms with van der Waals surface area (Å²) < 4.78 is 0. The van der Waals surface area contributed by atoms with Crippen molar-refractivity contribution in [3.8, 4) is 0 Å². The van der Waals surface area contributed by atoms with Crippen LogP contribution >= 0.6 is 0 Å². The second kappa shape index (κ2) is 3.61. The van der Waals surface area contributed by atoms with Gasteiger partial charge in [0.25, 0.3) is 0 Å². The zero-order valence-electron chi connectivity index (χ0n) is 5.94. The van der Waals surface area contributed by atoms with Gasteiger partial charge in [-0.1, -0.05) is 29.4 Å². The molecule has 1 rings (SSSR count). The highest BCUT2D eigenvalue weighted by molar-refractivity contribution is 5.45. The summed E-state index contributed by atoms with van der Waals surface area (Å²) in [5.74, 6) is 0. The highest BCUT2D eigenvalue weighted by Gasteiger charge is 1.94. The van der Waals surface area contributed by atoms with Crippen LogP contribution in [0.5, 0.6) is 0 Å². The Kier molecular flexibility index (Phi) is 2.49. The molecule has 0 fully saturated rings. The van der Waals surface area contributed by atoms with Crippen LogP contribution in [0.15, 0.2) is 29.4 Å². The van der Waals surface area contributed by atoms with Crippen molar-refractivity contribution in [2.75, 3.05) is 0 Å². The normalized spacial score (nSPS) is 8.82. The first-order valence-electron chi connectivity index (χ1n) is 3.21. The van der Waals surface area contributed by atoms with Crippen LogP contribution in [0, 0.1) is 0 Å². The van der Waals surface area contributed by atoms with Crippen molar-refractivity contribution in [2.24, 2.45) is 10.8 Å². The molecule has 0 amide bonds. The molecular formula is C7H8N4. The lowest BCUT2D eigenvalue weighted by Crippen LogP contribution is -1.95. The predicted molar refractivity (Wildman–Crippen MR) is 43.1 cm³/mol. The van der Waals surface area contributed by atoms with Crippen molar-refractivity contribution in [2.45, 2.75) is 6.54 Å². The molecule has 0 saturated heterocycles. The van der Waals surface area contributed by atoms with Crippen molar-refractivity contribution in [1.82, 2.24) is 0 Å². The van der Waals surface area contributed by atoms with Crippen LogP contribution in [-0.4, -0.2) is 0 Å². The van der Waals surface area contributed by atoms with Gasteiger partial charge >= 0.3 is 0 Å². The Morgan fingerprint density at radius 2 is 2.18 bits per heavy atom. The van der Waals surface area contributed by atoms with E-state index in [-0.39, 0.29) is 0 Å².